The Kier molecular flexibility index (Phi) is 4.80. The van der Waals surface area contributed by atoms with E-state index in [0.717, 1.165) is 17.4 Å². The molecule has 100 valence electrons. The fourth-order valence-corrected chi connectivity index (χ4v) is 2.56. The average Bonchev–Trinajstić information content (AvgIpc) is 2.36. The van der Waals surface area contributed by atoms with E-state index in [-0.39, 0.29) is 6.10 Å². The zero-order valence-corrected chi connectivity index (χ0v) is 12.5. The third kappa shape index (κ3) is 3.34. The summed E-state index contributed by atoms with van der Waals surface area (Å²) in [5, 5.41) is 3.10. The molecule has 1 saturated carbocycles. The first-order valence-corrected chi connectivity index (χ1v) is 7.43. The molecule has 0 aliphatic heterocycles. The zero-order chi connectivity index (χ0) is 13.0. The van der Waals surface area contributed by atoms with Gasteiger partial charge in [-0.05, 0) is 48.0 Å². The SMILES string of the molecule is CCNc1ncc(Br)c(OC2CCCCC2C)n1. The van der Waals surface area contributed by atoms with Crippen LogP contribution in [0, 0.1) is 5.92 Å². The van der Waals surface area contributed by atoms with E-state index < -0.39 is 0 Å². The van der Waals surface area contributed by atoms with E-state index in [4.69, 9.17) is 4.74 Å². The Bertz CT molecular complexity index is 400. The van der Waals surface area contributed by atoms with Gasteiger partial charge in [0.1, 0.15) is 6.10 Å². The molecule has 1 aliphatic carbocycles. The number of ether oxygens (including phenoxy) is 1. The first-order valence-electron chi connectivity index (χ1n) is 6.63. The van der Waals surface area contributed by atoms with Gasteiger partial charge in [0.25, 0.3) is 0 Å². The van der Waals surface area contributed by atoms with Gasteiger partial charge in [-0.3, -0.25) is 0 Å². The van der Waals surface area contributed by atoms with Crippen LogP contribution in [-0.2, 0) is 0 Å². The lowest BCUT2D eigenvalue weighted by atomic mass is 9.88. The van der Waals surface area contributed by atoms with Crippen molar-refractivity contribution in [3.63, 3.8) is 0 Å². The van der Waals surface area contributed by atoms with E-state index in [1.807, 2.05) is 6.92 Å². The van der Waals surface area contributed by atoms with E-state index in [0.29, 0.717) is 17.7 Å². The second-order valence-electron chi connectivity index (χ2n) is 4.80. The van der Waals surface area contributed by atoms with Crippen LogP contribution in [0.4, 0.5) is 5.95 Å². The lowest BCUT2D eigenvalue weighted by Gasteiger charge is -2.29. The van der Waals surface area contributed by atoms with Crippen LogP contribution in [0.5, 0.6) is 5.88 Å². The van der Waals surface area contributed by atoms with E-state index in [2.05, 4.69) is 38.1 Å². The highest BCUT2D eigenvalue weighted by Crippen LogP contribution is 2.30. The Morgan fingerprint density at radius 1 is 1.44 bits per heavy atom. The Balaban J connectivity index is 2.09. The molecule has 2 rings (SSSR count). The average molecular weight is 314 g/mol. The van der Waals surface area contributed by atoms with Crippen LogP contribution in [0.3, 0.4) is 0 Å². The van der Waals surface area contributed by atoms with Gasteiger partial charge in [0.2, 0.25) is 11.8 Å². The van der Waals surface area contributed by atoms with Crippen LogP contribution in [0.1, 0.15) is 39.5 Å². The lowest BCUT2D eigenvalue weighted by molar-refractivity contribution is 0.0967. The molecule has 18 heavy (non-hydrogen) atoms. The smallest absolute Gasteiger partial charge is 0.233 e. The van der Waals surface area contributed by atoms with Gasteiger partial charge in [0.05, 0.1) is 10.7 Å². The van der Waals surface area contributed by atoms with Crippen LogP contribution < -0.4 is 10.1 Å². The van der Waals surface area contributed by atoms with Crippen molar-refractivity contribution in [1.29, 1.82) is 0 Å². The largest absolute Gasteiger partial charge is 0.473 e. The van der Waals surface area contributed by atoms with Crippen molar-refractivity contribution in [1.82, 2.24) is 9.97 Å². The van der Waals surface area contributed by atoms with Gasteiger partial charge in [0.15, 0.2) is 0 Å². The molecule has 0 bridgehead atoms. The molecule has 4 nitrogen and oxygen atoms in total. The summed E-state index contributed by atoms with van der Waals surface area (Å²) in [4.78, 5) is 8.59. The summed E-state index contributed by atoms with van der Waals surface area (Å²) in [5.74, 6) is 1.88. The van der Waals surface area contributed by atoms with Crippen molar-refractivity contribution in [2.75, 3.05) is 11.9 Å². The zero-order valence-electron chi connectivity index (χ0n) is 10.9. The maximum absolute atomic E-state index is 6.05. The monoisotopic (exact) mass is 313 g/mol. The number of rotatable bonds is 4. The number of anilines is 1. The molecule has 0 aromatic carbocycles. The Hall–Kier alpha value is -0.840. The fourth-order valence-electron chi connectivity index (χ4n) is 2.28. The molecule has 0 saturated heterocycles. The fraction of sp³-hybridized carbons (Fsp3) is 0.692. The minimum atomic E-state index is 0.277. The normalized spacial score (nSPS) is 23.7. The quantitative estimate of drug-likeness (QED) is 0.922. The third-order valence-electron chi connectivity index (χ3n) is 3.34. The van der Waals surface area contributed by atoms with Crippen LogP contribution in [-0.4, -0.2) is 22.6 Å². The molecule has 1 aromatic rings. The molecule has 5 heteroatoms. The highest BCUT2D eigenvalue weighted by atomic mass is 79.9. The van der Waals surface area contributed by atoms with Gasteiger partial charge >= 0.3 is 0 Å². The van der Waals surface area contributed by atoms with Gasteiger partial charge in [0, 0.05) is 6.54 Å². The standard InChI is InChI=1S/C13H20BrN3O/c1-3-15-13-16-8-10(14)12(17-13)18-11-7-5-4-6-9(11)2/h8-9,11H,3-7H2,1-2H3,(H,15,16,17). The van der Waals surface area contributed by atoms with Gasteiger partial charge in [-0.15, -0.1) is 0 Å². The van der Waals surface area contributed by atoms with Crippen molar-refractivity contribution in [2.45, 2.75) is 45.6 Å². The molecule has 1 N–H and O–H groups in total. The second-order valence-corrected chi connectivity index (χ2v) is 5.65. The molecule has 2 atom stereocenters. The Morgan fingerprint density at radius 3 is 2.94 bits per heavy atom. The molecule has 1 aliphatic rings. The molecule has 1 fully saturated rings. The van der Waals surface area contributed by atoms with Crippen LogP contribution >= 0.6 is 15.9 Å². The first kappa shape index (κ1) is 13.6. The van der Waals surface area contributed by atoms with Crippen LogP contribution in [0.15, 0.2) is 10.7 Å². The van der Waals surface area contributed by atoms with Gasteiger partial charge in [-0.25, -0.2) is 4.98 Å². The summed E-state index contributed by atoms with van der Waals surface area (Å²) in [6.45, 7) is 5.08. The highest BCUT2D eigenvalue weighted by molar-refractivity contribution is 9.10. The van der Waals surface area contributed by atoms with Crippen molar-refractivity contribution < 1.29 is 4.74 Å². The number of hydrogen-bond acceptors (Lipinski definition) is 4. The molecule has 1 heterocycles. The molecule has 0 spiro atoms. The highest BCUT2D eigenvalue weighted by Gasteiger charge is 2.24. The summed E-state index contributed by atoms with van der Waals surface area (Å²) in [6, 6.07) is 0. The first-order chi connectivity index (χ1) is 8.70. The second kappa shape index (κ2) is 6.36. The van der Waals surface area contributed by atoms with Gasteiger partial charge in [-0.2, -0.15) is 4.98 Å². The summed E-state index contributed by atoms with van der Waals surface area (Å²) in [6.07, 6.45) is 6.95. The van der Waals surface area contributed by atoms with E-state index in [9.17, 15) is 0 Å². The van der Waals surface area contributed by atoms with Crippen LogP contribution in [0.25, 0.3) is 0 Å². The third-order valence-corrected chi connectivity index (χ3v) is 3.89. The van der Waals surface area contributed by atoms with E-state index in [1.54, 1.807) is 6.20 Å². The summed E-state index contributed by atoms with van der Waals surface area (Å²) in [7, 11) is 0. The number of hydrogen-bond donors (Lipinski definition) is 1. The van der Waals surface area contributed by atoms with E-state index >= 15 is 0 Å². The topological polar surface area (TPSA) is 47.0 Å². The minimum Gasteiger partial charge on any atom is -0.473 e. The summed E-state index contributed by atoms with van der Waals surface area (Å²) >= 11 is 3.45. The predicted molar refractivity (Wildman–Crippen MR) is 75.9 cm³/mol. The van der Waals surface area contributed by atoms with Crippen LogP contribution in [0.2, 0.25) is 0 Å². The number of nitrogens with zero attached hydrogens (tertiary/aromatic N) is 2. The maximum atomic E-state index is 6.05. The van der Waals surface area contributed by atoms with Gasteiger partial charge in [-0.1, -0.05) is 13.3 Å². The molecular weight excluding hydrogens is 294 g/mol. The molecule has 0 amide bonds. The van der Waals surface area contributed by atoms with Crippen molar-refractivity contribution in [3.8, 4) is 5.88 Å². The number of aromatic nitrogens is 2. The van der Waals surface area contributed by atoms with Crippen molar-refractivity contribution in [3.05, 3.63) is 10.7 Å². The van der Waals surface area contributed by atoms with Crippen molar-refractivity contribution >= 4 is 21.9 Å². The predicted octanol–water partition coefficient (Wildman–Crippen LogP) is 3.63. The summed E-state index contributed by atoms with van der Waals surface area (Å²) < 4.78 is 6.87. The summed E-state index contributed by atoms with van der Waals surface area (Å²) in [5.41, 5.74) is 0. The minimum absolute atomic E-state index is 0.277. The maximum Gasteiger partial charge on any atom is 0.233 e. The molecule has 2 unspecified atom stereocenters. The number of halogens is 1. The molecular formula is C13H20BrN3O. The Labute approximate surface area is 117 Å². The lowest BCUT2D eigenvalue weighted by Crippen LogP contribution is -2.28. The van der Waals surface area contributed by atoms with E-state index in [1.165, 1.54) is 19.3 Å². The Morgan fingerprint density at radius 2 is 2.22 bits per heavy atom. The molecule has 1 aromatic heterocycles. The number of nitrogens with one attached hydrogen (secondary N) is 1. The molecule has 0 radical (unpaired) electrons. The van der Waals surface area contributed by atoms with Gasteiger partial charge < -0.3 is 10.1 Å². The van der Waals surface area contributed by atoms with Crippen molar-refractivity contribution in [2.24, 2.45) is 5.92 Å².